The van der Waals surface area contributed by atoms with E-state index in [1.165, 1.54) is 18.3 Å². The zero-order valence-corrected chi connectivity index (χ0v) is 16.6. The van der Waals surface area contributed by atoms with Gasteiger partial charge in [0.25, 0.3) is 6.43 Å². The van der Waals surface area contributed by atoms with Gasteiger partial charge in [-0.3, -0.25) is 0 Å². The van der Waals surface area contributed by atoms with Gasteiger partial charge in [-0.15, -0.1) is 0 Å². The minimum atomic E-state index is -3.33. The van der Waals surface area contributed by atoms with Gasteiger partial charge in [0.05, 0.1) is 4.90 Å². The predicted octanol–water partition coefficient (Wildman–Crippen LogP) is 5.09. The maximum absolute atomic E-state index is 13.3. The third-order valence-corrected chi connectivity index (χ3v) is 5.41. The maximum Gasteiger partial charge on any atom is 0.281 e. The molecule has 0 aliphatic heterocycles. The third-order valence-electron chi connectivity index (χ3n) is 4.28. The number of hydrogen-bond donors (Lipinski definition) is 0. The predicted molar refractivity (Wildman–Crippen MR) is 103 cm³/mol. The second kappa shape index (κ2) is 8.61. The van der Waals surface area contributed by atoms with E-state index in [0.29, 0.717) is 11.5 Å². The number of rotatable bonds is 7. The van der Waals surface area contributed by atoms with E-state index in [4.69, 9.17) is 0 Å². The summed E-state index contributed by atoms with van der Waals surface area (Å²) in [6, 6.07) is 6.14. The normalized spacial score (nSPS) is 15.1. The van der Waals surface area contributed by atoms with Crippen LogP contribution in [0.15, 0.2) is 59.7 Å². The smallest absolute Gasteiger partial charge is 0.281 e. The van der Waals surface area contributed by atoms with Crippen LogP contribution in [0.3, 0.4) is 0 Å². The minimum Gasteiger partial charge on any atom is -0.303 e. The Morgan fingerprint density at radius 3 is 2.15 bits per heavy atom. The zero-order chi connectivity index (χ0) is 20.2. The SMILES string of the molecule is C/C=C\C(C)C(/C=C/C)c1nc(C(F)F)cn1-c1ccc(S(C)(=O)=O)cc1. The summed E-state index contributed by atoms with van der Waals surface area (Å²) < 4.78 is 51.5. The molecule has 0 saturated heterocycles. The lowest BCUT2D eigenvalue weighted by Gasteiger charge is -2.19. The van der Waals surface area contributed by atoms with Crippen molar-refractivity contribution in [3.05, 3.63) is 66.3 Å². The van der Waals surface area contributed by atoms with Gasteiger partial charge in [-0.25, -0.2) is 22.2 Å². The van der Waals surface area contributed by atoms with E-state index in [-0.39, 0.29) is 22.4 Å². The molecule has 0 amide bonds. The molecule has 2 unspecified atom stereocenters. The monoisotopic (exact) mass is 394 g/mol. The van der Waals surface area contributed by atoms with E-state index in [9.17, 15) is 17.2 Å². The first-order valence-corrected chi connectivity index (χ1v) is 10.5. The number of benzene rings is 1. The Bertz CT molecular complexity index is 929. The van der Waals surface area contributed by atoms with Crippen molar-refractivity contribution in [3.8, 4) is 5.69 Å². The minimum absolute atomic E-state index is 0.0492. The Morgan fingerprint density at radius 1 is 1.07 bits per heavy atom. The molecule has 2 rings (SSSR count). The molecule has 0 bridgehead atoms. The molecule has 0 fully saturated rings. The highest BCUT2D eigenvalue weighted by molar-refractivity contribution is 7.90. The number of nitrogens with zero attached hydrogens (tertiary/aromatic N) is 2. The van der Waals surface area contributed by atoms with Crippen LogP contribution in [-0.2, 0) is 9.84 Å². The molecule has 4 nitrogen and oxygen atoms in total. The lowest BCUT2D eigenvalue weighted by Crippen LogP contribution is -2.12. The van der Waals surface area contributed by atoms with Gasteiger partial charge in [-0.05, 0) is 44.0 Å². The number of imidazole rings is 1. The molecule has 7 heteroatoms. The van der Waals surface area contributed by atoms with Crippen molar-refractivity contribution < 1.29 is 17.2 Å². The van der Waals surface area contributed by atoms with Crippen molar-refractivity contribution in [2.24, 2.45) is 5.92 Å². The number of hydrogen-bond acceptors (Lipinski definition) is 3. The highest BCUT2D eigenvalue weighted by atomic mass is 32.2. The lowest BCUT2D eigenvalue weighted by molar-refractivity contribution is 0.146. The number of allylic oxidation sites excluding steroid dienone is 4. The number of sulfone groups is 1. The first-order valence-electron chi connectivity index (χ1n) is 8.62. The summed E-state index contributed by atoms with van der Waals surface area (Å²) in [7, 11) is -3.33. The zero-order valence-electron chi connectivity index (χ0n) is 15.8. The molecule has 0 aliphatic carbocycles. The van der Waals surface area contributed by atoms with Crippen LogP contribution in [0.1, 0.15) is 44.6 Å². The Hall–Kier alpha value is -2.28. The van der Waals surface area contributed by atoms with Crippen LogP contribution in [0.2, 0.25) is 0 Å². The van der Waals surface area contributed by atoms with Crippen LogP contribution in [0, 0.1) is 5.92 Å². The number of alkyl halides is 2. The van der Waals surface area contributed by atoms with E-state index in [0.717, 1.165) is 6.26 Å². The van der Waals surface area contributed by atoms with Crippen molar-refractivity contribution in [2.45, 2.75) is 38.0 Å². The van der Waals surface area contributed by atoms with E-state index < -0.39 is 16.3 Å². The van der Waals surface area contributed by atoms with Crippen LogP contribution in [0.5, 0.6) is 0 Å². The summed E-state index contributed by atoms with van der Waals surface area (Å²) in [5.41, 5.74) is 0.276. The molecule has 0 spiro atoms. The molecule has 0 N–H and O–H groups in total. The maximum atomic E-state index is 13.3. The number of halogens is 2. The summed E-state index contributed by atoms with van der Waals surface area (Å²) in [5.74, 6) is 0.336. The summed E-state index contributed by atoms with van der Waals surface area (Å²) in [6.45, 7) is 5.78. The second-order valence-electron chi connectivity index (χ2n) is 6.40. The third kappa shape index (κ3) is 4.91. The summed E-state index contributed by atoms with van der Waals surface area (Å²) in [5, 5.41) is 0. The van der Waals surface area contributed by atoms with E-state index in [1.807, 2.05) is 45.1 Å². The molecule has 0 aliphatic rings. The van der Waals surface area contributed by atoms with Gasteiger partial charge < -0.3 is 4.57 Å². The Morgan fingerprint density at radius 2 is 1.67 bits per heavy atom. The van der Waals surface area contributed by atoms with Crippen molar-refractivity contribution >= 4 is 9.84 Å². The summed E-state index contributed by atoms with van der Waals surface area (Å²) in [6.07, 6.45) is 7.47. The molecule has 146 valence electrons. The van der Waals surface area contributed by atoms with E-state index in [2.05, 4.69) is 4.98 Å². The van der Waals surface area contributed by atoms with Crippen LogP contribution < -0.4 is 0 Å². The molecular weight excluding hydrogens is 370 g/mol. The standard InChI is InChI=1S/C20H24F2N2O2S/c1-5-7-14(3)17(8-6-2)20-23-18(19(21)22)13-24(20)15-9-11-16(12-10-15)27(4,25)26/h5-14,17,19H,1-4H3/b7-5-,8-6+. The summed E-state index contributed by atoms with van der Waals surface area (Å²) >= 11 is 0. The quantitative estimate of drug-likeness (QED) is 0.615. The van der Waals surface area contributed by atoms with Crippen molar-refractivity contribution in [1.29, 1.82) is 0 Å². The topological polar surface area (TPSA) is 52.0 Å². The fourth-order valence-electron chi connectivity index (χ4n) is 2.94. The lowest BCUT2D eigenvalue weighted by atomic mass is 9.92. The average molecular weight is 394 g/mol. The Kier molecular flexibility index (Phi) is 6.70. The number of aromatic nitrogens is 2. The Labute approximate surface area is 159 Å². The van der Waals surface area contributed by atoms with Crippen LogP contribution >= 0.6 is 0 Å². The van der Waals surface area contributed by atoms with Crippen molar-refractivity contribution in [1.82, 2.24) is 9.55 Å². The molecule has 0 saturated carbocycles. The van der Waals surface area contributed by atoms with Gasteiger partial charge in [-0.1, -0.05) is 31.2 Å². The average Bonchev–Trinajstić information content (AvgIpc) is 3.04. The first-order chi connectivity index (χ1) is 12.7. The molecular formula is C20H24F2N2O2S. The largest absolute Gasteiger partial charge is 0.303 e. The van der Waals surface area contributed by atoms with Gasteiger partial charge in [0.2, 0.25) is 0 Å². The molecule has 2 aromatic rings. The fourth-order valence-corrected chi connectivity index (χ4v) is 3.57. The van der Waals surface area contributed by atoms with Crippen LogP contribution in [0.25, 0.3) is 5.69 Å². The van der Waals surface area contributed by atoms with E-state index >= 15 is 0 Å². The van der Waals surface area contributed by atoms with Gasteiger partial charge in [0.15, 0.2) is 9.84 Å². The van der Waals surface area contributed by atoms with Gasteiger partial charge in [0, 0.05) is 24.1 Å². The van der Waals surface area contributed by atoms with Crippen molar-refractivity contribution in [3.63, 3.8) is 0 Å². The van der Waals surface area contributed by atoms with Crippen molar-refractivity contribution in [2.75, 3.05) is 6.26 Å². The van der Waals surface area contributed by atoms with Crippen LogP contribution in [0.4, 0.5) is 8.78 Å². The molecule has 1 aromatic carbocycles. The molecule has 27 heavy (non-hydrogen) atoms. The van der Waals surface area contributed by atoms with Gasteiger partial charge in [0.1, 0.15) is 11.5 Å². The molecule has 1 aromatic heterocycles. The van der Waals surface area contributed by atoms with Gasteiger partial charge >= 0.3 is 0 Å². The second-order valence-corrected chi connectivity index (χ2v) is 8.41. The fraction of sp³-hybridized carbons (Fsp3) is 0.350. The molecule has 2 atom stereocenters. The highest BCUT2D eigenvalue weighted by Crippen LogP contribution is 2.31. The van der Waals surface area contributed by atoms with Gasteiger partial charge in [-0.2, -0.15) is 0 Å². The highest BCUT2D eigenvalue weighted by Gasteiger charge is 2.24. The van der Waals surface area contributed by atoms with Crippen LogP contribution in [-0.4, -0.2) is 24.2 Å². The molecule has 1 heterocycles. The summed E-state index contributed by atoms with van der Waals surface area (Å²) in [4.78, 5) is 4.36. The molecule has 0 radical (unpaired) electrons. The Balaban J connectivity index is 2.61. The van der Waals surface area contributed by atoms with E-state index in [1.54, 1.807) is 16.7 Å². The first kappa shape index (κ1) is 21.0.